The minimum atomic E-state index is -0.597. The van der Waals surface area contributed by atoms with Crippen molar-refractivity contribution in [2.45, 2.75) is 13.8 Å². The fraction of sp³-hybridized carbons (Fsp3) is 0.125. The number of anilines is 1. The number of hydrogen-bond acceptors (Lipinski definition) is 5. The van der Waals surface area contributed by atoms with Gasteiger partial charge in [-0.25, -0.2) is 4.79 Å². The van der Waals surface area contributed by atoms with Crippen molar-refractivity contribution in [3.05, 3.63) is 48.0 Å². The van der Waals surface area contributed by atoms with Crippen molar-refractivity contribution in [1.82, 2.24) is 15.2 Å². The Morgan fingerprint density at radius 2 is 2.00 bits per heavy atom. The van der Waals surface area contributed by atoms with Crippen LogP contribution in [0, 0.1) is 13.8 Å². The first kappa shape index (κ1) is 14.7. The predicted molar refractivity (Wildman–Crippen MR) is 85.6 cm³/mol. The van der Waals surface area contributed by atoms with E-state index in [1.54, 1.807) is 19.2 Å². The maximum absolute atomic E-state index is 11.0. The molecule has 3 aromatic rings. The number of urea groups is 1. The highest BCUT2D eigenvalue weighted by atomic mass is 16.4. The lowest BCUT2D eigenvalue weighted by Gasteiger charge is -2.09. The lowest BCUT2D eigenvalue weighted by Crippen LogP contribution is -2.19. The molecule has 0 unspecified atom stereocenters. The summed E-state index contributed by atoms with van der Waals surface area (Å²) in [5.41, 5.74) is 9.32. The van der Waals surface area contributed by atoms with Gasteiger partial charge in [0.1, 0.15) is 5.69 Å². The second kappa shape index (κ2) is 5.88. The summed E-state index contributed by atoms with van der Waals surface area (Å²) in [4.78, 5) is 15.3. The van der Waals surface area contributed by atoms with E-state index < -0.39 is 6.03 Å². The number of hydrogen-bond donors (Lipinski definition) is 2. The number of aromatic nitrogens is 3. The maximum Gasteiger partial charge on any atom is 0.316 e. The van der Waals surface area contributed by atoms with Crippen LogP contribution in [0.15, 0.2) is 40.9 Å². The van der Waals surface area contributed by atoms with E-state index in [2.05, 4.69) is 20.5 Å². The Kier molecular flexibility index (Phi) is 3.76. The summed E-state index contributed by atoms with van der Waals surface area (Å²) in [5, 5.41) is 10.3. The van der Waals surface area contributed by atoms with Gasteiger partial charge in [0, 0.05) is 24.4 Å². The topological polar surface area (TPSA) is 107 Å². The van der Waals surface area contributed by atoms with E-state index in [1.807, 2.05) is 31.2 Å². The van der Waals surface area contributed by atoms with E-state index in [4.69, 9.17) is 10.2 Å². The molecule has 0 aliphatic heterocycles. The van der Waals surface area contributed by atoms with Gasteiger partial charge in [-0.1, -0.05) is 12.1 Å². The summed E-state index contributed by atoms with van der Waals surface area (Å²) in [6, 6.07) is 8.70. The Morgan fingerprint density at radius 3 is 2.61 bits per heavy atom. The molecule has 3 N–H and O–H groups in total. The molecule has 23 heavy (non-hydrogen) atoms. The average Bonchev–Trinajstić information content (AvgIpc) is 2.95. The van der Waals surface area contributed by atoms with Crippen LogP contribution in [0.4, 0.5) is 10.5 Å². The van der Waals surface area contributed by atoms with Crippen LogP contribution in [-0.2, 0) is 0 Å². The van der Waals surface area contributed by atoms with Crippen LogP contribution in [0.2, 0.25) is 0 Å². The van der Waals surface area contributed by atoms with Crippen molar-refractivity contribution in [2.24, 2.45) is 5.73 Å². The van der Waals surface area contributed by atoms with Gasteiger partial charge >= 0.3 is 6.03 Å². The lowest BCUT2D eigenvalue weighted by molar-refractivity contribution is 0.259. The Bertz CT molecular complexity index is 855. The molecule has 2 amide bonds. The zero-order chi connectivity index (χ0) is 16.4. The number of nitrogens with zero attached hydrogens (tertiary/aromatic N) is 3. The van der Waals surface area contributed by atoms with Crippen LogP contribution in [-0.4, -0.2) is 21.2 Å². The Morgan fingerprint density at radius 1 is 1.17 bits per heavy atom. The van der Waals surface area contributed by atoms with Crippen molar-refractivity contribution in [3.63, 3.8) is 0 Å². The van der Waals surface area contributed by atoms with Gasteiger partial charge in [0.05, 0.1) is 0 Å². The molecular formula is C16H15N5O2. The summed E-state index contributed by atoms with van der Waals surface area (Å²) in [6.07, 6.45) is 1.73. The third kappa shape index (κ3) is 3.18. The summed E-state index contributed by atoms with van der Waals surface area (Å²) >= 11 is 0. The Hall–Kier alpha value is -3.22. The van der Waals surface area contributed by atoms with Crippen molar-refractivity contribution < 1.29 is 9.21 Å². The fourth-order valence-electron chi connectivity index (χ4n) is 2.23. The number of primary amides is 1. The number of pyridine rings is 1. The average molecular weight is 309 g/mol. The standard InChI is InChI=1S/C16H15N5O2/c1-9-3-5-12(19-16(17)22)7-13(9)11-4-6-14(18-8-11)15-21-20-10(2)23-15/h3-8H,1-2H3,(H3,17,19,22). The van der Waals surface area contributed by atoms with Crippen molar-refractivity contribution >= 4 is 11.7 Å². The normalized spacial score (nSPS) is 10.5. The summed E-state index contributed by atoms with van der Waals surface area (Å²) in [7, 11) is 0. The highest BCUT2D eigenvalue weighted by Crippen LogP contribution is 2.27. The fourth-order valence-corrected chi connectivity index (χ4v) is 2.23. The minimum absolute atomic E-state index is 0.384. The molecule has 116 valence electrons. The summed E-state index contributed by atoms with van der Waals surface area (Å²) < 4.78 is 5.36. The molecule has 0 spiro atoms. The molecule has 7 heteroatoms. The number of carbonyl (C=O) groups is 1. The molecule has 0 aliphatic rings. The van der Waals surface area contributed by atoms with Gasteiger partial charge in [-0.2, -0.15) is 0 Å². The first-order chi connectivity index (χ1) is 11.0. The third-order valence-electron chi connectivity index (χ3n) is 3.32. The number of aryl methyl sites for hydroxylation is 2. The highest BCUT2D eigenvalue weighted by Gasteiger charge is 2.09. The highest BCUT2D eigenvalue weighted by molar-refractivity contribution is 5.89. The molecule has 0 radical (unpaired) electrons. The van der Waals surface area contributed by atoms with Crippen LogP contribution in [0.5, 0.6) is 0 Å². The van der Waals surface area contributed by atoms with Crippen LogP contribution in [0.25, 0.3) is 22.7 Å². The van der Waals surface area contributed by atoms with Crippen LogP contribution < -0.4 is 11.1 Å². The van der Waals surface area contributed by atoms with E-state index in [9.17, 15) is 4.79 Å². The van der Waals surface area contributed by atoms with Crippen molar-refractivity contribution in [1.29, 1.82) is 0 Å². The van der Waals surface area contributed by atoms with E-state index >= 15 is 0 Å². The molecule has 0 bridgehead atoms. The second-order valence-corrected chi connectivity index (χ2v) is 5.08. The molecule has 2 aromatic heterocycles. The number of nitrogens with two attached hydrogens (primary N) is 1. The molecular weight excluding hydrogens is 294 g/mol. The zero-order valence-electron chi connectivity index (χ0n) is 12.7. The molecule has 0 aliphatic carbocycles. The summed E-state index contributed by atoms with van der Waals surface area (Å²) in [6.45, 7) is 3.71. The second-order valence-electron chi connectivity index (χ2n) is 5.08. The molecule has 0 fully saturated rings. The van der Waals surface area contributed by atoms with Crippen molar-refractivity contribution in [3.8, 4) is 22.7 Å². The van der Waals surface area contributed by atoms with Gasteiger partial charge in [-0.15, -0.1) is 10.2 Å². The number of carbonyl (C=O) groups excluding carboxylic acids is 1. The quantitative estimate of drug-likeness (QED) is 0.773. The first-order valence-corrected chi connectivity index (χ1v) is 6.97. The number of amides is 2. The Balaban J connectivity index is 1.94. The molecule has 0 saturated heterocycles. The monoisotopic (exact) mass is 309 g/mol. The summed E-state index contributed by atoms with van der Waals surface area (Å²) in [5.74, 6) is 0.877. The van der Waals surface area contributed by atoms with E-state index in [0.29, 0.717) is 23.2 Å². The molecule has 2 heterocycles. The molecule has 3 rings (SSSR count). The van der Waals surface area contributed by atoms with E-state index in [0.717, 1.165) is 16.7 Å². The van der Waals surface area contributed by atoms with Gasteiger partial charge in [-0.3, -0.25) is 4.98 Å². The number of rotatable bonds is 3. The smallest absolute Gasteiger partial charge is 0.316 e. The molecule has 0 saturated carbocycles. The van der Waals surface area contributed by atoms with Gasteiger partial charge in [0.25, 0.3) is 5.89 Å². The third-order valence-corrected chi connectivity index (χ3v) is 3.32. The molecule has 7 nitrogen and oxygen atoms in total. The maximum atomic E-state index is 11.0. The minimum Gasteiger partial charge on any atom is -0.420 e. The van der Waals surface area contributed by atoms with Gasteiger partial charge in [-0.05, 0) is 36.2 Å². The zero-order valence-corrected chi connectivity index (χ0v) is 12.7. The van der Waals surface area contributed by atoms with E-state index in [-0.39, 0.29) is 0 Å². The van der Waals surface area contributed by atoms with Gasteiger partial charge < -0.3 is 15.5 Å². The SMILES string of the molecule is Cc1nnc(-c2ccc(-c3cc(NC(N)=O)ccc3C)cn2)o1. The van der Waals surface area contributed by atoms with E-state index in [1.165, 1.54) is 0 Å². The van der Waals surface area contributed by atoms with Crippen LogP contribution >= 0.6 is 0 Å². The molecule has 1 aromatic carbocycles. The number of nitrogens with one attached hydrogen (secondary N) is 1. The number of benzene rings is 1. The van der Waals surface area contributed by atoms with Crippen LogP contribution in [0.1, 0.15) is 11.5 Å². The lowest BCUT2D eigenvalue weighted by atomic mass is 10.0. The van der Waals surface area contributed by atoms with Crippen molar-refractivity contribution in [2.75, 3.05) is 5.32 Å². The Labute approximate surface area is 132 Å². The first-order valence-electron chi connectivity index (χ1n) is 6.97. The van der Waals surface area contributed by atoms with Crippen LogP contribution in [0.3, 0.4) is 0 Å². The molecule has 0 atom stereocenters. The van der Waals surface area contributed by atoms with Gasteiger partial charge in [0.15, 0.2) is 0 Å². The predicted octanol–water partition coefficient (Wildman–Crippen LogP) is 2.91. The van der Waals surface area contributed by atoms with Gasteiger partial charge in [0.2, 0.25) is 5.89 Å². The largest absolute Gasteiger partial charge is 0.420 e.